The Morgan fingerprint density at radius 2 is 1.88 bits per heavy atom. The van der Waals surface area contributed by atoms with Crippen LogP contribution in [0.15, 0.2) is 23.3 Å². The third kappa shape index (κ3) is 5.58. The van der Waals surface area contributed by atoms with Gasteiger partial charge in [0.25, 0.3) is 0 Å². The molecule has 8 nitrogen and oxygen atoms in total. The highest BCUT2D eigenvalue weighted by molar-refractivity contribution is 5.92. The first kappa shape index (κ1) is 30.1. The number of esters is 1. The van der Waals surface area contributed by atoms with E-state index >= 15 is 0 Å². The molecule has 0 aromatic heterocycles. The molecule has 8 heteroatoms. The average Bonchev–Trinajstić information content (AvgIpc) is 3.22. The molecule has 5 aliphatic rings. The summed E-state index contributed by atoms with van der Waals surface area (Å²) in [5.41, 5.74) is -0.233. The van der Waals surface area contributed by atoms with E-state index in [2.05, 4.69) is 18.3 Å². The number of hydrogen-bond donors (Lipinski definition) is 3. The molecule has 5 rings (SSSR count). The van der Waals surface area contributed by atoms with Gasteiger partial charge in [-0.25, -0.2) is 0 Å². The summed E-state index contributed by atoms with van der Waals surface area (Å²) < 4.78 is 5.25. The average molecular weight is 570 g/mol. The van der Waals surface area contributed by atoms with Crippen molar-refractivity contribution in [3.8, 4) is 0 Å². The van der Waals surface area contributed by atoms with Crippen molar-refractivity contribution in [3.05, 3.63) is 23.3 Å². The van der Waals surface area contributed by atoms with Crippen molar-refractivity contribution in [2.45, 2.75) is 115 Å². The fourth-order valence-corrected chi connectivity index (χ4v) is 9.29. The van der Waals surface area contributed by atoms with Gasteiger partial charge < -0.3 is 20.3 Å². The Morgan fingerprint density at radius 3 is 2.63 bits per heavy atom. The number of ether oxygens (including phenoxy) is 1. The molecular weight excluding hydrogens is 522 g/mol. The molecule has 3 fully saturated rings. The van der Waals surface area contributed by atoms with Crippen molar-refractivity contribution in [1.82, 2.24) is 5.32 Å². The number of allylic oxidation sites excluding steroid dienone is 2. The Kier molecular flexibility index (Phi) is 8.64. The molecule has 226 valence electrons. The number of hydrogen-bond acceptors (Lipinski definition) is 7. The molecule has 0 heterocycles. The minimum atomic E-state index is -1.69. The summed E-state index contributed by atoms with van der Waals surface area (Å²) in [6, 6.07) is 0. The van der Waals surface area contributed by atoms with Crippen molar-refractivity contribution in [2.24, 2.45) is 28.6 Å². The molecule has 0 unspecified atom stereocenters. The van der Waals surface area contributed by atoms with Gasteiger partial charge in [-0.05, 0) is 99.9 Å². The number of carbonyl (C=O) groups is 4. The SMILES string of the molecule is C[C@]12CCC(=O)C=C1CC[C@@H]1[C@H]2[C@@H](O)C[C@@]2(C)[C@@H]1CC[C@]2(O)C(=O)COC(=O)CCC(=O)NCCC1=CCCCC1. The largest absolute Gasteiger partial charge is 0.458 e. The van der Waals surface area contributed by atoms with Crippen LogP contribution in [0.3, 0.4) is 0 Å². The number of aliphatic hydroxyl groups excluding tert-OH is 1. The topological polar surface area (TPSA) is 130 Å². The van der Waals surface area contributed by atoms with Crippen LogP contribution in [-0.4, -0.2) is 58.5 Å². The molecule has 3 N–H and O–H groups in total. The molecule has 0 bridgehead atoms. The zero-order valence-electron chi connectivity index (χ0n) is 24.7. The highest BCUT2D eigenvalue weighted by atomic mass is 16.5. The normalized spacial score (nSPS) is 38.1. The predicted octanol–water partition coefficient (Wildman–Crippen LogP) is 4.12. The molecule has 0 aliphatic heterocycles. The maximum absolute atomic E-state index is 13.4. The number of amides is 1. The number of aliphatic hydroxyl groups is 2. The molecule has 0 aromatic rings. The summed E-state index contributed by atoms with van der Waals surface area (Å²) in [5, 5.41) is 26.2. The zero-order valence-corrected chi connectivity index (χ0v) is 24.7. The van der Waals surface area contributed by atoms with Gasteiger partial charge in [0, 0.05) is 24.8 Å². The van der Waals surface area contributed by atoms with Crippen LogP contribution < -0.4 is 5.32 Å². The standard InChI is InChI=1S/C33H47NO7/c1-31-15-12-23(35)18-22(31)8-9-24-25-13-16-33(40,32(25,2)19-26(36)30(24)31)27(37)20-41-29(39)11-10-28(38)34-17-14-21-6-4-3-5-7-21/h6,18,24-26,30,36,40H,3-5,7-17,19-20H2,1-2H3,(H,34,38)/t24-,25+,26-,30-,31-,32-,33-/m0/s1. The Labute approximate surface area is 243 Å². The van der Waals surface area contributed by atoms with E-state index in [0.29, 0.717) is 25.8 Å². The number of fused-ring (bicyclic) bond motifs is 5. The molecular formula is C33H47NO7. The van der Waals surface area contributed by atoms with Gasteiger partial charge in [0.05, 0.1) is 12.5 Å². The number of Topliss-reactive ketones (excluding diaryl/α,β-unsaturated/α-hetero) is 1. The third-order valence-corrected chi connectivity index (χ3v) is 11.6. The zero-order chi connectivity index (χ0) is 29.4. The van der Waals surface area contributed by atoms with Crippen LogP contribution in [0.25, 0.3) is 0 Å². The number of rotatable bonds is 9. The lowest BCUT2D eigenvalue weighted by atomic mass is 9.45. The van der Waals surface area contributed by atoms with Gasteiger partial charge in [-0.1, -0.05) is 31.1 Å². The fourth-order valence-electron chi connectivity index (χ4n) is 9.29. The van der Waals surface area contributed by atoms with Gasteiger partial charge in [0.1, 0.15) is 5.60 Å². The van der Waals surface area contributed by atoms with Crippen LogP contribution >= 0.6 is 0 Å². The highest BCUT2D eigenvalue weighted by Gasteiger charge is 2.68. The summed E-state index contributed by atoms with van der Waals surface area (Å²) in [6.07, 6.45) is 12.7. The molecule has 0 radical (unpaired) electrons. The molecule has 1 amide bonds. The first-order valence-electron chi connectivity index (χ1n) is 15.8. The Bertz CT molecular complexity index is 1140. The quantitative estimate of drug-likeness (QED) is 0.281. The van der Waals surface area contributed by atoms with Crippen LogP contribution in [0.2, 0.25) is 0 Å². The molecule has 0 spiro atoms. The second kappa shape index (κ2) is 11.8. The maximum atomic E-state index is 13.4. The van der Waals surface area contributed by atoms with Crippen LogP contribution in [0.1, 0.15) is 104 Å². The summed E-state index contributed by atoms with van der Waals surface area (Å²) in [7, 11) is 0. The monoisotopic (exact) mass is 569 g/mol. The molecule has 5 aliphatic carbocycles. The predicted molar refractivity (Wildman–Crippen MR) is 152 cm³/mol. The smallest absolute Gasteiger partial charge is 0.306 e. The number of nitrogens with one attached hydrogen (secondary N) is 1. The van der Waals surface area contributed by atoms with Crippen molar-refractivity contribution >= 4 is 23.4 Å². The van der Waals surface area contributed by atoms with E-state index in [-0.39, 0.29) is 54.1 Å². The van der Waals surface area contributed by atoms with Crippen LogP contribution in [0.5, 0.6) is 0 Å². The second-order valence-corrected chi connectivity index (χ2v) is 13.8. The van der Waals surface area contributed by atoms with E-state index in [1.54, 1.807) is 6.08 Å². The second-order valence-electron chi connectivity index (χ2n) is 13.8. The summed E-state index contributed by atoms with van der Waals surface area (Å²) >= 11 is 0. The van der Waals surface area contributed by atoms with E-state index in [4.69, 9.17) is 4.74 Å². The minimum absolute atomic E-state index is 0.00510. The van der Waals surface area contributed by atoms with Crippen molar-refractivity contribution in [2.75, 3.05) is 13.2 Å². The van der Waals surface area contributed by atoms with E-state index in [9.17, 15) is 29.4 Å². The lowest BCUT2D eigenvalue weighted by Gasteiger charge is -2.60. The van der Waals surface area contributed by atoms with E-state index in [0.717, 1.165) is 44.1 Å². The van der Waals surface area contributed by atoms with Crippen molar-refractivity contribution in [1.29, 1.82) is 0 Å². The third-order valence-electron chi connectivity index (χ3n) is 11.6. The van der Waals surface area contributed by atoms with Gasteiger partial charge in [0.2, 0.25) is 11.7 Å². The van der Waals surface area contributed by atoms with Gasteiger partial charge in [-0.15, -0.1) is 0 Å². The summed E-state index contributed by atoms with van der Waals surface area (Å²) in [6.45, 7) is 4.10. The van der Waals surface area contributed by atoms with Crippen LogP contribution in [0, 0.1) is 28.6 Å². The lowest BCUT2D eigenvalue weighted by Crippen LogP contribution is -2.62. The first-order chi connectivity index (χ1) is 19.5. The Morgan fingerprint density at radius 1 is 1.07 bits per heavy atom. The van der Waals surface area contributed by atoms with Gasteiger partial charge >= 0.3 is 5.97 Å². The lowest BCUT2D eigenvalue weighted by molar-refractivity contribution is -0.184. The molecule has 7 atom stereocenters. The number of carbonyl (C=O) groups excluding carboxylic acids is 4. The van der Waals surface area contributed by atoms with Crippen molar-refractivity contribution in [3.63, 3.8) is 0 Å². The Hall–Kier alpha value is -2.32. The first-order valence-corrected chi connectivity index (χ1v) is 15.8. The minimum Gasteiger partial charge on any atom is -0.458 e. The maximum Gasteiger partial charge on any atom is 0.306 e. The molecule has 41 heavy (non-hydrogen) atoms. The van der Waals surface area contributed by atoms with Gasteiger partial charge in [-0.3, -0.25) is 19.2 Å². The molecule has 3 saturated carbocycles. The number of ketones is 2. The Balaban J connectivity index is 1.14. The van der Waals surface area contributed by atoms with Gasteiger partial charge in [-0.2, -0.15) is 0 Å². The van der Waals surface area contributed by atoms with E-state index in [1.807, 2.05) is 6.92 Å². The summed E-state index contributed by atoms with van der Waals surface area (Å²) in [4.78, 5) is 50.1. The van der Waals surface area contributed by atoms with E-state index < -0.39 is 35.5 Å². The van der Waals surface area contributed by atoms with Crippen LogP contribution in [0.4, 0.5) is 0 Å². The molecule has 0 aromatic carbocycles. The van der Waals surface area contributed by atoms with Crippen LogP contribution in [-0.2, 0) is 23.9 Å². The van der Waals surface area contributed by atoms with Crippen molar-refractivity contribution < 1.29 is 34.1 Å². The van der Waals surface area contributed by atoms with Gasteiger partial charge in [0.15, 0.2) is 12.4 Å². The molecule has 0 saturated heterocycles. The highest BCUT2D eigenvalue weighted by Crippen LogP contribution is 2.67. The summed E-state index contributed by atoms with van der Waals surface area (Å²) in [5.74, 6) is -1.02. The van der Waals surface area contributed by atoms with E-state index in [1.165, 1.54) is 18.4 Å². The fraction of sp³-hybridized carbons (Fsp3) is 0.758.